The van der Waals surface area contributed by atoms with Crippen molar-refractivity contribution in [2.24, 2.45) is 0 Å². The Morgan fingerprint density at radius 3 is 2.67 bits per heavy atom. The van der Waals surface area contributed by atoms with Crippen LogP contribution in [0.15, 0.2) is 24.3 Å². The third kappa shape index (κ3) is 3.01. The van der Waals surface area contributed by atoms with Gasteiger partial charge in [-0.15, -0.1) is 10.2 Å². The van der Waals surface area contributed by atoms with Gasteiger partial charge in [-0.1, -0.05) is 23.5 Å². The van der Waals surface area contributed by atoms with Gasteiger partial charge >= 0.3 is 0 Å². The van der Waals surface area contributed by atoms with E-state index in [1.54, 1.807) is 19.2 Å². The quantitative estimate of drug-likeness (QED) is 0.883. The topological polar surface area (TPSA) is 66.9 Å². The highest BCUT2D eigenvalue weighted by Gasteiger charge is 2.11. The van der Waals surface area contributed by atoms with Crippen LogP contribution in [0.25, 0.3) is 0 Å². The van der Waals surface area contributed by atoms with Crippen molar-refractivity contribution >= 4 is 22.4 Å². The summed E-state index contributed by atoms with van der Waals surface area (Å²) < 4.78 is 12.7. The first-order chi connectivity index (χ1) is 8.69. The minimum Gasteiger partial charge on any atom is -0.363 e. The summed E-state index contributed by atoms with van der Waals surface area (Å²) in [5.41, 5.74) is 0.822. The summed E-state index contributed by atoms with van der Waals surface area (Å²) in [5.74, 6) is -0.591. The van der Waals surface area contributed by atoms with E-state index in [1.165, 1.54) is 23.5 Å². The Morgan fingerprint density at radius 2 is 2.06 bits per heavy atom. The van der Waals surface area contributed by atoms with Gasteiger partial charge < -0.3 is 10.6 Å². The second-order valence-electron chi connectivity index (χ2n) is 3.47. The maximum Gasteiger partial charge on any atom is 0.282 e. The summed E-state index contributed by atoms with van der Waals surface area (Å²) in [7, 11) is 1.71. The van der Waals surface area contributed by atoms with Crippen LogP contribution in [0.3, 0.4) is 0 Å². The molecule has 0 spiro atoms. The molecular weight excluding hydrogens is 255 g/mol. The Hall–Kier alpha value is -2.02. The normalized spacial score (nSPS) is 10.1. The molecule has 0 saturated heterocycles. The van der Waals surface area contributed by atoms with Gasteiger partial charge in [-0.05, 0) is 17.7 Å². The van der Waals surface area contributed by atoms with E-state index in [9.17, 15) is 9.18 Å². The Labute approximate surface area is 107 Å². The summed E-state index contributed by atoms with van der Waals surface area (Å²) in [5, 5.41) is 13.9. The molecule has 0 aliphatic heterocycles. The fourth-order valence-corrected chi connectivity index (χ4v) is 1.89. The summed E-state index contributed by atoms with van der Waals surface area (Å²) in [4.78, 5) is 11.7. The van der Waals surface area contributed by atoms with E-state index >= 15 is 0 Å². The van der Waals surface area contributed by atoms with E-state index in [2.05, 4.69) is 20.8 Å². The number of nitrogens with zero attached hydrogens (tertiary/aromatic N) is 2. The zero-order valence-corrected chi connectivity index (χ0v) is 10.4. The van der Waals surface area contributed by atoms with Gasteiger partial charge in [-0.3, -0.25) is 4.79 Å². The molecule has 0 unspecified atom stereocenters. The molecule has 0 bridgehead atoms. The molecule has 2 rings (SSSR count). The van der Waals surface area contributed by atoms with Crippen molar-refractivity contribution in [3.63, 3.8) is 0 Å². The molecule has 7 heteroatoms. The van der Waals surface area contributed by atoms with Crippen LogP contribution in [0, 0.1) is 5.82 Å². The monoisotopic (exact) mass is 266 g/mol. The molecule has 1 aromatic carbocycles. The molecule has 5 nitrogen and oxygen atoms in total. The third-order valence-electron chi connectivity index (χ3n) is 2.20. The van der Waals surface area contributed by atoms with Crippen molar-refractivity contribution in [3.05, 3.63) is 40.7 Å². The van der Waals surface area contributed by atoms with Crippen molar-refractivity contribution in [1.29, 1.82) is 0 Å². The van der Waals surface area contributed by atoms with Crippen molar-refractivity contribution in [3.8, 4) is 0 Å². The van der Waals surface area contributed by atoms with Crippen LogP contribution < -0.4 is 10.6 Å². The molecule has 18 heavy (non-hydrogen) atoms. The first-order valence-electron chi connectivity index (χ1n) is 5.23. The molecule has 0 atom stereocenters. The lowest BCUT2D eigenvalue weighted by molar-refractivity contribution is 0.0950. The molecular formula is C11H11FN4OS. The number of amides is 1. The molecule has 1 heterocycles. The zero-order valence-electron chi connectivity index (χ0n) is 9.61. The van der Waals surface area contributed by atoms with Crippen molar-refractivity contribution in [2.75, 3.05) is 12.4 Å². The van der Waals surface area contributed by atoms with Gasteiger partial charge in [-0.2, -0.15) is 0 Å². The van der Waals surface area contributed by atoms with Crippen LogP contribution in [0.2, 0.25) is 0 Å². The highest BCUT2D eigenvalue weighted by Crippen LogP contribution is 2.14. The molecule has 0 aliphatic carbocycles. The number of carbonyl (C=O) groups excluding carboxylic acids is 1. The minimum absolute atomic E-state index is 0.293. The summed E-state index contributed by atoms with van der Waals surface area (Å²) >= 11 is 1.17. The number of halogens is 1. The van der Waals surface area contributed by atoms with Crippen molar-refractivity contribution < 1.29 is 9.18 Å². The molecule has 0 radical (unpaired) electrons. The van der Waals surface area contributed by atoms with Gasteiger partial charge in [0.25, 0.3) is 5.91 Å². The van der Waals surface area contributed by atoms with Gasteiger partial charge in [0.05, 0.1) is 0 Å². The fourth-order valence-electron chi connectivity index (χ4n) is 1.28. The van der Waals surface area contributed by atoms with E-state index in [1.807, 2.05) is 0 Å². The number of benzene rings is 1. The zero-order chi connectivity index (χ0) is 13.0. The highest BCUT2D eigenvalue weighted by molar-refractivity contribution is 7.17. The number of hydrogen-bond donors (Lipinski definition) is 2. The van der Waals surface area contributed by atoms with Gasteiger partial charge in [0.15, 0.2) is 0 Å². The lowest BCUT2D eigenvalue weighted by Crippen LogP contribution is -2.22. The molecule has 2 aromatic rings. The Balaban J connectivity index is 1.93. The average Bonchev–Trinajstić information content (AvgIpc) is 2.86. The lowest BCUT2D eigenvalue weighted by atomic mass is 10.2. The van der Waals surface area contributed by atoms with Crippen LogP contribution in [-0.2, 0) is 6.54 Å². The minimum atomic E-state index is -0.298. The highest BCUT2D eigenvalue weighted by atomic mass is 32.1. The third-order valence-corrected chi connectivity index (χ3v) is 3.14. The number of nitrogens with one attached hydrogen (secondary N) is 2. The maximum absolute atomic E-state index is 12.7. The van der Waals surface area contributed by atoms with Crippen LogP contribution in [0.1, 0.15) is 15.4 Å². The number of aromatic nitrogens is 2. The van der Waals surface area contributed by atoms with E-state index < -0.39 is 0 Å². The van der Waals surface area contributed by atoms with Crippen molar-refractivity contribution in [2.45, 2.75) is 6.54 Å². The molecule has 1 amide bonds. The van der Waals surface area contributed by atoms with Crippen molar-refractivity contribution in [1.82, 2.24) is 15.5 Å². The van der Waals surface area contributed by atoms with E-state index in [-0.39, 0.29) is 11.7 Å². The predicted molar refractivity (Wildman–Crippen MR) is 67.0 cm³/mol. The molecule has 2 N–H and O–H groups in total. The fraction of sp³-hybridized carbons (Fsp3) is 0.182. The second-order valence-corrected chi connectivity index (χ2v) is 4.45. The standard InChI is InChI=1S/C11H11FN4OS/c1-13-11-16-15-10(18-11)9(17)14-6-7-2-4-8(12)5-3-7/h2-5H,6H2,1H3,(H,13,16)(H,14,17). The Kier molecular flexibility index (Phi) is 3.83. The largest absolute Gasteiger partial charge is 0.363 e. The van der Waals surface area contributed by atoms with Crippen LogP contribution in [0.5, 0.6) is 0 Å². The maximum atomic E-state index is 12.7. The smallest absolute Gasteiger partial charge is 0.282 e. The molecule has 0 saturated carbocycles. The number of carbonyl (C=O) groups is 1. The van der Waals surface area contributed by atoms with E-state index in [0.717, 1.165) is 5.56 Å². The first-order valence-corrected chi connectivity index (χ1v) is 6.04. The summed E-state index contributed by atoms with van der Waals surface area (Å²) in [6, 6.07) is 5.95. The van der Waals surface area contributed by atoms with Gasteiger partial charge in [-0.25, -0.2) is 4.39 Å². The number of hydrogen-bond acceptors (Lipinski definition) is 5. The van der Waals surface area contributed by atoms with Gasteiger partial charge in [0.1, 0.15) is 5.82 Å². The number of rotatable bonds is 4. The summed E-state index contributed by atoms with van der Waals surface area (Å²) in [6.45, 7) is 0.327. The van der Waals surface area contributed by atoms with Crippen LogP contribution in [0.4, 0.5) is 9.52 Å². The first kappa shape index (κ1) is 12.4. The average molecular weight is 266 g/mol. The van der Waals surface area contributed by atoms with Gasteiger partial charge in [0.2, 0.25) is 10.1 Å². The van der Waals surface area contributed by atoms with Gasteiger partial charge in [0, 0.05) is 13.6 Å². The molecule has 1 aromatic heterocycles. The van der Waals surface area contributed by atoms with Crippen LogP contribution in [-0.4, -0.2) is 23.2 Å². The predicted octanol–water partition coefficient (Wildman–Crippen LogP) is 1.65. The Bertz CT molecular complexity index is 540. The van der Waals surface area contributed by atoms with Crippen LogP contribution >= 0.6 is 11.3 Å². The second kappa shape index (κ2) is 5.54. The molecule has 94 valence electrons. The molecule has 0 fully saturated rings. The lowest BCUT2D eigenvalue weighted by Gasteiger charge is -2.02. The number of anilines is 1. The Morgan fingerprint density at radius 1 is 1.33 bits per heavy atom. The summed E-state index contributed by atoms with van der Waals surface area (Å²) in [6.07, 6.45) is 0. The SMILES string of the molecule is CNc1nnc(C(=O)NCc2ccc(F)cc2)s1. The van der Waals surface area contributed by atoms with E-state index in [4.69, 9.17) is 0 Å². The molecule has 0 aliphatic rings. The van der Waals surface area contributed by atoms with E-state index in [0.29, 0.717) is 16.7 Å².